The third-order valence-electron chi connectivity index (χ3n) is 4.81. The SMILES string of the molecule is CC(C)(C)c1cc(C(=O)c2cccs2)cc(C(N)N2CCCC2)c1O. The van der Waals surface area contributed by atoms with Gasteiger partial charge in [0.15, 0.2) is 0 Å². The van der Waals surface area contributed by atoms with E-state index in [4.69, 9.17) is 5.73 Å². The van der Waals surface area contributed by atoms with Crippen LogP contribution in [0.2, 0.25) is 0 Å². The van der Waals surface area contributed by atoms with Crippen LogP contribution in [0.5, 0.6) is 5.75 Å². The first kappa shape index (κ1) is 18.1. The van der Waals surface area contributed by atoms with Gasteiger partial charge in [0.25, 0.3) is 0 Å². The maximum atomic E-state index is 12.9. The fourth-order valence-corrected chi connectivity index (χ4v) is 4.04. The highest BCUT2D eigenvalue weighted by Gasteiger charge is 2.28. The summed E-state index contributed by atoms with van der Waals surface area (Å²) in [6.07, 6.45) is 1.85. The number of thiophene rings is 1. The van der Waals surface area contributed by atoms with Crippen molar-refractivity contribution in [2.24, 2.45) is 5.73 Å². The van der Waals surface area contributed by atoms with E-state index in [-0.39, 0.29) is 23.1 Å². The van der Waals surface area contributed by atoms with E-state index in [1.165, 1.54) is 11.3 Å². The fraction of sp³-hybridized carbons (Fsp3) is 0.450. The summed E-state index contributed by atoms with van der Waals surface area (Å²) < 4.78 is 0. The third-order valence-corrected chi connectivity index (χ3v) is 5.68. The number of nitrogens with two attached hydrogens (primary N) is 1. The molecule has 0 aliphatic carbocycles. The van der Waals surface area contributed by atoms with E-state index in [1.807, 2.05) is 44.4 Å². The number of aromatic hydroxyl groups is 1. The molecule has 0 saturated carbocycles. The number of nitrogens with zero attached hydrogens (tertiary/aromatic N) is 1. The second-order valence-electron chi connectivity index (χ2n) is 7.71. The van der Waals surface area contributed by atoms with Crippen molar-refractivity contribution in [3.63, 3.8) is 0 Å². The average Bonchev–Trinajstić information content (AvgIpc) is 3.26. The van der Waals surface area contributed by atoms with Crippen molar-refractivity contribution in [2.45, 2.75) is 45.2 Å². The van der Waals surface area contributed by atoms with Crippen molar-refractivity contribution in [3.05, 3.63) is 51.2 Å². The van der Waals surface area contributed by atoms with Gasteiger partial charge in [0.1, 0.15) is 5.75 Å². The van der Waals surface area contributed by atoms with Gasteiger partial charge < -0.3 is 10.8 Å². The number of hydrogen-bond acceptors (Lipinski definition) is 5. The zero-order valence-electron chi connectivity index (χ0n) is 15.1. The molecule has 2 heterocycles. The Labute approximate surface area is 153 Å². The maximum absolute atomic E-state index is 12.9. The van der Waals surface area contributed by atoms with Crippen molar-refractivity contribution < 1.29 is 9.90 Å². The Kier molecular flexibility index (Phi) is 5.00. The van der Waals surface area contributed by atoms with Gasteiger partial charge in [-0.25, -0.2) is 0 Å². The molecule has 1 saturated heterocycles. The average molecular weight is 359 g/mol. The lowest BCUT2D eigenvalue weighted by Gasteiger charge is -2.28. The van der Waals surface area contributed by atoms with E-state index in [0.717, 1.165) is 31.5 Å². The summed E-state index contributed by atoms with van der Waals surface area (Å²) in [5, 5.41) is 12.8. The van der Waals surface area contributed by atoms with E-state index in [2.05, 4.69) is 4.90 Å². The van der Waals surface area contributed by atoms with E-state index in [0.29, 0.717) is 16.0 Å². The van der Waals surface area contributed by atoms with E-state index in [9.17, 15) is 9.90 Å². The smallest absolute Gasteiger partial charge is 0.202 e. The number of ketones is 1. The Bertz CT molecular complexity index is 757. The van der Waals surface area contributed by atoms with Gasteiger partial charge in [0.05, 0.1) is 11.0 Å². The van der Waals surface area contributed by atoms with E-state index in [1.54, 1.807) is 6.07 Å². The number of phenols is 1. The standard InChI is InChI=1S/C20H26N2O2S/c1-20(2,3)15-12-13(17(23)16-7-6-10-25-16)11-14(18(15)24)19(21)22-8-4-5-9-22/h6-7,10-12,19,24H,4-5,8-9,21H2,1-3H3. The summed E-state index contributed by atoms with van der Waals surface area (Å²) in [6.45, 7) is 7.95. The van der Waals surface area contributed by atoms with Crippen molar-refractivity contribution in [3.8, 4) is 5.75 Å². The minimum absolute atomic E-state index is 0.0182. The molecular weight excluding hydrogens is 332 g/mol. The number of phenolic OH excluding ortho intramolecular Hbond substituents is 1. The zero-order valence-corrected chi connectivity index (χ0v) is 15.9. The number of rotatable bonds is 4. The largest absolute Gasteiger partial charge is 0.507 e. The molecule has 1 aromatic heterocycles. The molecule has 25 heavy (non-hydrogen) atoms. The molecule has 3 N–H and O–H groups in total. The van der Waals surface area contributed by atoms with Crippen LogP contribution in [-0.2, 0) is 5.41 Å². The van der Waals surface area contributed by atoms with Crippen LogP contribution in [0, 0.1) is 0 Å². The summed E-state index contributed by atoms with van der Waals surface area (Å²) in [7, 11) is 0. The molecule has 0 radical (unpaired) electrons. The summed E-state index contributed by atoms with van der Waals surface area (Å²) in [6, 6.07) is 7.30. The fourth-order valence-electron chi connectivity index (χ4n) is 3.35. The minimum Gasteiger partial charge on any atom is -0.507 e. The monoisotopic (exact) mass is 358 g/mol. The Morgan fingerprint density at radius 1 is 1.28 bits per heavy atom. The first-order valence-electron chi connectivity index (χ1n) is 8.74. The van der Waals surface area contributed by atoms with Gasteiger partial charge >= 0.3 is 0 Å². The number of benzene rings is 1. The summed E-state index contributed by atoms with van der Waals surface area (Å²) in [5.41, 5.74) is 8.18. The molecule has 134 valence electrons. The summed E-state index contributed by atoms with van der Waals surface area (Å²) >= 11 is 1.43. The van der Waals surface area contributed by atoms with Crippen LogP contribution in [0.1, 0.15) is 66.1 Å². The molecule has 3 rings (SSSR count). The van der Waals surface area contributed by atoms with Crippen molar-refractivity contribution in [1.29, 1.82) is 0 Å². The molecule has 1 atom stereocenters. The van der Waals surface area contributed by atoms with E-state index >= 15 is 0 Å². The Morgan fingerprint density at radius 2 is 1.96 bits per heavy atom. The molecule has 4 nitrogen and oxygen atoms in total. The van der Waals surface area contributed by atoms with Crippen LogP contribution in [0.25, 0.3) is 0 Å². The lowest BCUT2D eigenvalue weighted by atomic mass is 9.83. The summed E-state index contributed by atoms with van der Waals surface area (Å²) in [5.74, 6) is 0.199. The van der Waals surface area contributed by atoms with Gasteiger partial charge in [-0.3, -0.25) is 9.69 Å². The van der Waals surface area contributed by atoms with Gasteiger partial charge in [-0.05, 0) is 54.9 Å². The topological polar surface area (TPSA) is 66.6 Å². The number of carbonyl (C=O) groups is 1. The normalized spacial score (nSPS) is 17.0. The molecule has 0 spiro atoms. The first-order valence-corrected chi connectivity index (χ1v) is 9.62. The van der Waals surface area contributed by atoms with Crippen LogP contribution >= 0.6 is 11.3 Å². The predicted octanol–water partition coefficient (Wildman–Crippen LogP) is 4.04. The maximum Gasteiger partial charge on any atom is 0.202 e. The van der Waals surface area contributed by atoms with Gasteiger partial charge in [-0.15, -0.1) is 11.3 Å². The highest BCUT2D eigenvalue weighted by Crippen LogP contribution is 2.38. The van der Waals surface area contributed by atoms with Gasteiger partial charge in [0.2, 0.25) is 5.78 Å². The molecular formula is C20H26N2O2S. The molecule has 5 heteroatoms. The Balaban J connectivity index is 2.10. The van der Waals surface area contributed by atoms with Crippen LogP contribution < -0.4 is 5.73 Å². The third kappa shape index (κ3) is 3.64. The van der Waals surface area contributed by atoms with Crippen molar-refractivity contribution >= 4 is 17.1 Å². The van der Waals surface area contributed by atoms with Gasteiger partial charge in [0, 0.05) is 16.7 Å². The molecule has 2 aromatic rings. The van der Waals surface area contributed by atoms with Crippen molar-refractivity contribution in [2.75, 3.05) is 13.1 Å². The molecule has 1 aromatic carbocycles. The van der Waals surface area contributed by atoms with Crippen LogP contribution in [-0.4, -0.2) is 28.9 Å². The van der Waals surface area contributed by atoms with Gasteiger partial charge in [-0.1, -0.05) is 26.8 Å². The second-order valence-corrected chi connectivity index (χ2v) is 8.65. The minimum atomic E-state index is -0.389. The molecule has 1 aliphatic heterocycles. The number of carbonyl (C=O) groups excluding carboxylic acids is 1. The van der Waals surface area contributed by atoms with Gasteiger partial charge in [-0.2, -0.15) is 0 Å². The Hall–Kier alpha value is -1.69. The predicted molar refractivity (Wildman–Crippen MR) is 102 cm³/mol. The van der Waals surface area contributed by atoms with Crippen LogP contribution in [0.4, 0.5) is 0 Å². The first-order chi connectivity index (χ1) is 11.8. The van der Waals surface area contributed by atoms with E-state index < -0.39 is 0 Å². The summed E-state index contributed by atoms with van der Waals surface area (Å²) in [4.78, 5) is 15.7. The quantitative estimate of drug-likeness (QED) is 0.810. The molecule has 0 amide bonds. The zero-order chi connectivity index (χ0) is 18.2. The lowest BCUT2D eigenvalue weighted by Crippen LogP contribution is -2.32. The van der Waals surface area contributed by atoms with Crippen LogP contribution in [0.15, 0.2) is 29.6 Å². The number of likely N-dealkylation sites (tertiary alicyclic amines) is 1. The highest BCUT2D eigenvalue weighted by atomic mass is 32.1. The lowest BCUT2D eigenvalue weighted by molar-refractivity contribution is 0.104. The molecule has 0 bridgehead atoms. The highest BCUT2D eigenvalue weighted by molar-refractivity contribution is 7.12. The van der Waals surface area contributed by atoms with Crippen molar-refractivity contribution in [1.82, 2.24) is 4.90 Å². The number of hydrogen-bond donors (Lipinski definition) is 2. The molecule has 1 unspecified atom stereocenters. The molecule has 1 fully saturated rings. The molecule has 1 aliphatic rings. The van der Waals surface area contributed by atoms with Crippen LogP contribution in [0.3, 0.4) is 0 Å². The second kappa shape index (κ2) is 6.90. The Morgan fingerprint density at radius 3 is 2.52 bits per heavy atom.